The van der Waals surface area contributed by atoms with Crippen molar-refractivity contribution in [2.75, 3.05) is 17.9 Å². The van der Waals surface area contributed by atoms with Crippen LogP contribution in [0.25, 0.3) is 0 Å². The molecule has 1 aromatic rings. The molecule has 0 fully saturated rings. The number of nitrogens with two attached hydrogens (primary N) is 1. The average molecular weight is 337 g/mol. The molecule has 2 N–H and O–H groups in total. The minimum Gasteiger partial charge on any atom is -0.349 e. The third kappa shape index (κ3) is 2.90. The third-order valence-corrected chi connectivity index (χ3v) is 4.75. The molecular weight excluding hydrogens is 322 g/mol. The molecule has 0 radical (unpaired) electrons. The van der Waals surface area contributed by atoms with E-state index >= 15 is 0 Å². The van der Waals surface area contributed by atoms with Gasteiger partial charge in [0.2, 0.25) is 15.8 Å². The molecule has 1 aromatic carbocycles. The maximum atomic E-state index is 11.7. The molecular formula is C10H15N3O6S2. The Morgan fingerprint density at radius 2 is 1.90 bits per heavy atom. The van der Waals surface area contributed by atoms with Gasteiger partial charge in [-0.3, -0.25) is 0 Å². The van der Waals surface area contributed by atoms with Crippen LogP contribution in [0.3, 0.4) is 0 Å². The predicted octanol–water partition coefficient (Wildman–Crippen LogP) is -0.112. The van der Waals surface area contributed by atoms with Crippen LogP contribution < -0.4 is 19.3 Å². The predicted molar refractivity (Wildman–Crippen MR) is 75.2 cm³/mol. The van der Waals surface area contributed by atoms with Crippen LogP contribution in [0.4, 0.5) is 5.69 Å². The van der Waals surface area contributed by atoms with Crippen LogP contribution in [-0.2, 0) is 20.4 Å². The Balaban J connectivity index is 2.58. The number of hydrazine groups is 2. The van der Waals surface area contributed by atoms with E-state index < -0.39 is 20.4 Å². The van der Waals surface area contributed by atoms with Crippen LogP contribution in [0.2, 0.25) is 0 Å². The van der Waals surface area contributed by atoms with Gasteiger partial charge in [0, 0.05) is 6.54 Å². The lowest BCUT2D eigenvalue weighted by molar-refractivity contribution is 0.401. The van der Waals surface area contributed by atoms with Gasteiger partial charge in [-0.25, -0.2) is 19.4 Å². The highest BCUT2D eigenvalue weighted by atomic mass is 32.3. The fraction of sp³-hybridized carbons (Fsp3) is 0.400. The molecule has 1 aliphatic heterocycles. The molecule has 21 heavy (non-hydrogen) atoms. The quantitative estimate of drug-likeness (QED) is 0.597. The summed E-state index contributed by atoms with van der Waals surface area (Å²) >= 11 is 0. The van der Waals surface area contributed by atoms with E-state index in [1.165, 1.54) is 6.07 Å². The number of hydrogen-bond acceptors (Lipinski definition) is 8. The smallest absolute Gasteiger partial charge is 0.349 e. The average Bonchev–Trinajstić information content (AvgIpc) is 2.61. The summed E-state index contributed by atoms with van der Waals surface area (Å²) in [6.07, 6.45) is 0.989. The lowest BCUT2D eigenvalue weighted by Crippen LogP contribution is -2.50. The zero-order valence-electron chi connectivity index (χ0n) is 11.6. The van der Waals surface area contributed by atoms with Gasteiger partial charge in [-0.1, -0.05) is 10.5 Å². The van der Waals surface area contributed by atoms with Crippen molar-refractivity contribution in [2.45, 2.75) is 13.8 Å². The minimum atomic E-state index is -4.20. The van der Waals surface area contributed by atoms with Gasteiger partial charge < -0.3 is 8.37 Å². The van der Waals surface area contributed by atoms with Gasteiger partial charge in [-0.15, -0.1) is 8.42 Å². The Morgan fingerprint density at radius 1 is 1.29 bits per heavy atom. The van der Waals surface area contributed by atoms with Gasteiger partial charge in [0.1, 0.15) is 5.69 Å². The van der Waals surface area contributed by atoms with E-state index in [-0.39, 0.29) is 23.7 Å². The molecule has 0 unspecified atom stereocenters. The molecule has 0 aliphatic carbocycles. The Bertz CT molecular complexity index is 774. The lowest BCUT2D eigenvalue weighted by Gasteiger charge is -2.30. The van der Waals surface area contributed by atoms with Crippen molar-refractivity contribution < 1.29 is 25.2 Å². The molecule has 2 rings (SSSR count). The second kappa shape index (κ2) is 5.02. The Hall–Kier alpha value is -1.56. The Kier molecular flexibility index (Phi) is 3.78. The number of aryl methyl sites for hydroxylation is 1. The van der Waals surface area contributed by atoms with E-state index in [4.69, 9.17) is 10.0 Å². The van der Waals surface area contributed by atoms with E-state index in [1.54, 1.807) is 19.9 Å². The van der Waals surface area contributed by atoms with Gasteiger partial charge in [0.15, 0.2) is 5.75 Å². The minimum absolute atomic E-state index is 0.0457. The maximum Gasteiger partial charge on any atom is 0.501 e. The van der Waals surface area contributed by atoms with Crippen molar-refractivity contribution in [3.63, 3.8) is 0 Å². The zero-order valence-corrected chi connectivity index (χ0v) is 13.2. The topological polar surface area (TPSA) is 119 Å². The molecule has 0 amide bonds. The Morgan fingerprint density at radius 3 is 2.43 bits per heavy atom. The van der Waals surface area contributed by atoms with E-state index in [0.29, 0.717) is 5.56 Å². The normalized spacial score (nSPS) is 16.2. The molecule has 0 saturated carbocycles. The number of rotatable bonds is 4. The van der Waals surface area contributed by atoms with E-state index in [2.05, 4.69) is 4.18 Å². The molecule has 9 nitrogen and oxygen atoms in total. The van der Waals surface area contributed by atoms with Crippen molar-refractivity contribution in [1.82, 2.24) is 4.41 Å². The van der Waals surface area contributed by atoms with Crippen LogP contribution in [0, 0.1) is 6.92 Å². The molecule has 0 spiro atoms. The molecule has 0 atom stereocenters. The molecule has 0 bridgehead atoms. The summed E-state index contributed by atoms with van der Waals surface area (Å²) in [5, 5.41) is 0.841. The van der Waals surface area contributed by atoms with Crippen LogP contribution in [0.5, 0.6) is 11.5 Å². The molecule has 11 heteroatoms. The molecule has 1 heterocycles. The monoisotopic (exact) mass is 337 g/mol. The summed E-state index contributed by atoms with van der Waals surface area (Å²) in [7, 11) is -7.83. The first kappa shape index (κ1) is 15.8. The van der Waals surface area contributed by atoms with Crippen molar-refractivity contribution in [2.24, 2.45) is 5.84 Å². The lowest BCUT2D eigenvalue weighted by atomic mass is 10.2. The number of anilines is 1. The highest BCUT2D eigenvalue weighted by Gasteiger charge is 2.35. The Labute approximate surface area is 123 Å². The molecule has 0 aromatic heterocycles. The van der Waals surface area contributed by atoms with Crippen molar-refractivity contribution in [3.05, 3.63) is 17.7 Å². The van der Waals surface area contributed by atoms with Crippen molar-refractivity contribution in [1.29, 1.82) is 0 Å². The summed E-state index contributed by atoms with van der Waals surface area (Å²) in [5.74, 6) is 5.66. The second-order valence-corrected chi connectivity index (χ2v) is 7.42. The van der Waals surface area contributed by atoms with E-state index in [9.17, 15) is 16.8 Å². The van der Waals surface area contributed by atoms with Crippen molar-refractivity contribution in [3.8, 4) is 11.5 Å². The highest BCUT2D eigenvalue weighted by Crippen LogP contribution is 2.45. The summed E-state index contributed by atoms with van der Waals surface area (Å²) < 4.78 is 56.5. The molecule has 118 valence electrons. The summed E-state index contributed by atoms with van der Waals surface area (Å²) in [6, 6.07) is 2.96. The van der Waals surface area contributed by atoms with Crippen molar-refractivity contribution >= 4 is 26.1 Å². The number of fused-ring (bicyclic) bond motifs is 1. The van der Waals surface area contributed by atoms with Crippen LogP contribution in [0.1, 0.15) is 12.5 Å². The third-order valence-electron chi connectivity index (χ3n) is 2.80. The van der Waals surface area contributed by atoms with Gasteiger partial charge in [-0.2, -0.15) is 0 Å². The van der Waals surface area contributed by atoms with Gasteiger partial charge >= 0.3 is 10.4 Å². The zero-order chi connectivity index (χ0) is 16.0. The number of benzene rings is 1. The summed E-state index contributed by atoms with van der Waals surface area (Å²) in [6.45, 7) is 3.29. The van der Waals surface area contributed by atoms with Crippen LogP contribution in [0.15, 0.2) is 12.1 Å². The van der Waals surface area contributed by atoms with E-state index in [1.807, 2.05) is 0 Å². The first-order valence-corrected chi connectivity index (χ1v) is 9.05. The number of sulfonamides is 1. The van der Waals surface area contributed by atoms with Crippen LogP contribution >= 0.6 is 0 Å². The fourth-order valence-corrected chi connectivity index (χ4v) is 3.59. The second-order valence-electron chi connectivity index (χ2n) is 4.38. The number of nitrogens with zero attached hydrogens (tertiary/aromatic N) is 2. The van der Waals surface area contributed by atoms with Gasteiger partial charge in [0.05, 0.1) is 6.26 Å². The first-order valence-electron chi connectivity index (χ1n) is 5.86. The fourth-order valence-electron chi connectivity index (χ4n) is 1.97. The standard InChI is InChI=1S/C10H15N3O6S2/c1-4-12(20(3,14)15)13(11)9-7(2)5-6-8-10(9)19-21(16,17)18-8/h5-6H,4,11H2,1-3H3. The van der Waals surface area contributed by atoms with E-state index in [0.717, 1.165) is 15.8 Å². The highest BCUT2D eigenvalue weighted by molar-refractivity contribution is 7.88. The SMILES string of the molecule is CCN(N(N)c1c(C)ccc2c1OS(=O)(=O)O2)S(C)(=O)=O. The number of hydrogen-bond donors (Lipinski definition) is 1. The largest absolute Gasteiger partial charge is 0.501 e. The van der Waals surface area contributed by atoms with Crippen LogP contribution in [-0.4, -0.2) is 34.1 Å². The maximum absolute atomic E-state index is 11.7. The molecule has 0 saturated heterocycles. The van der Waals surface area contributed by atoms with Gasteiger partial charge in [0.25, 0.3) is 0 Å². The first-order chi connectivity index (χ1) is 9.57. The summed E-state index contributed by atoms with van der Waals surface area (Å²) in [4.78, 5) is 0. The van der Waals surface area contributed by atoms with Gasteiger partial charge in [-0.05, 0) is 25.5 Å². The molecule has 1 aliphatic rings. The summed E-state index contributed by atoms with van der Waals surface area (Å²) in [5.41, 5.74) is 0.625.